The summed E-state index contributed by atoms with van der Waals surface area (Å²) in [6.45, 7) is 0. The summed E-state index contributed by atoms with van der Waals surface area (Å²) in [5.74, 6) is 1.62. The first-order valence-corrected chi connectivity index (χ1v) is 9.57. The Balaban J connectivity index is 1.44. The third kappa shape index (κ3) is 2.79. The first-order valence-electron chi connectivity index (χ1n) is 8.38. The average Bonchev–Trinajstić information content (AvgIpc) is 3.22. The van der Waals surface area contributed by atoms with Gasteiger partial charge in [0, 0.05) is 27.4 Å². The van der Waals surface area contributed by atoms with Gasteiger partial charge in [-0.3, -0.25) is 0 Å². The molecule has 0 atom stereocenters. The Kier molecular flexibility index (Phi) is 3.77. The van der Waals surface area contributed by atoms with Gasteiger partial charge in [-0.15, -0.1) is 11.3 Å². The Labute approximate surface area is 160 Å². The van der Waals surface area contributed by atoms with Gasteiger partial charge in [0.05, 0.1) is 5.69 Å². The topological polar surface area (TPSA) is 22.1 Å². The molecule has 0 fully saturated rings. The second-order valence-corrected chi connectivity index (χ2v) is 7.73. The van der Waals surface area contributed by atoms with Crippen LogP contribution in [0.1, 0.15) is 10.4 Å². The van der Waals surface area contributed by atoms with Crippen LogP contribution in [0.4, 0.5) is 0 Å². The molecule has 0 amide bonds. The fraction of sp³-hybridized carbons (Fsp3) is 0.0455. The largest absolute Gasteiger partial charge is 0.457 e. The van der Waals surface area contributed by atoms with Gasteiger partial charge < -0.3 is 4.74 Å². The fourth-order valence-corrected chi connectivity index (χ4v) is 4.44. The molecule has 0 bridgehead atoms. The van der Waals surface area contributed by atoms with E-state index in [9.17, 15) is 0 Å². The number of nitrogens with zero attached hydrogens (tertiary/aromatic N) is 1. The lowest BCUT2D eigenvalue weighted by atomic mass is 10.1. The van der Waals surface area contributed by atoms with E-state index in [1.807, 2.05) is 36.4 Å². The van der Waals surface area contributed by atoms with Crippen molar-refractivity contribution in [2.24, 2.45) is 0 Å². The van der Waals surface area contributed by atoms with Crippen LogP contribution in [-0.4, -0.2) is 4.98 Å². The minimum Gasteiger partial charge on any atom is -0.457 e. The molecule has 0 aliphatic heterocycles. The number of hydrogen-bond donors (Lipinski definition) is 0. The molecule has 3 aromatic carbocycles. The molecule has 4 aromatic rings. The fourth-order valence-electron chi connectivity index (χ4n) is 3.21. The molecule has 0 radical (unpaired) electrons. The van der Waals surface area contributed by atoms with Crippen LogP contribution in [0.2, 0.25) is 5.02 Å². The quantitative estimate of drug-likeness (QED) is 0.345. The zero-order chi connectivity index (χ0) is 17.5. The van der Waals surface area contributed by atoms with Crippen molar-refractivity contribution in [1.82, 2.24) is 4.98 Å². The van der Waals surface area contributed by atoms with E-state index in [4.69, 9.17) is 21.3 Å². The van der Waals surface area contributed by atoms with Crippen molar-refractivity contribution in [3.05, 3.63) is 88.3 Å². The molecule has 1 aromatic heterocycles. The number of thiazole rings is 1. The summed E-state index contributed by atoms with van der Waals surface area (Å²) in [4.78, 5) is 6.21. The van der Waals surface area contributed by atoms with Crippen LogP contribution >= 0.6 is 22.9 Å². The second kappa shape index (κ2) is 6.27. The molecule has 4 heteroatoms. The van der Waals surface area contributed by atoms with Crippen LogP contribution in [-0.2, 0) is 6.42 Å². The molecule has 126 valence electrons. The van der Waals surface area contributed by atoms with E-state index in [1.54, 1.807) is 11.3 Å². The molecule has 0 spiro atoms. The lowest BCUT2D eigenvalue weighted by molar-refractivity contribution is 0.482. The molecular formula is C22H14ClNOS. The van der Waals surface area contributed by atoms with Gasteiger partial charge in [0.25, 0.3) is 0 Å². The summed E-state index contributed by atoms with van der Waals surface area (Å²) in [7, 11) is 0. The van der Waals surface area contributed by atoms with Crippen molar-refractivity contribution < 1.29 is 4.74 Å². The predicted octanol–water partition coefficient (Wildman–Crippen LogP) is 6.83. The van der Waals surface area contributed by atoms with Crippen molar-refractivity contribution >= 4 is 22.9 Å². The summed E-state index contributed by atoms with van der Waals surface area (Å²) < 4.78 is 5.95. The van der Waals surface area contributed by atoms with E-state index in [0.717, 1.165) is 28.6 Å². The Bertz CT molecular complexity index is 1090. The van der Waals surface area contributed by atoms with Gasteiger partial charge in [0.15, 0.2) is 0 Å². The summed E-state index contributed by atoms with van der Waals surface area (Å²) >= 11 is 7.70. The number of aromatic nitrogens is 1. The number of hydrogen-bond acceptors (Lipinski definition) is 3. The molecular weight excluding hydrogens is 362 g/mol. The molecule has 1 aliphatic carbocycles. The minimum absolute atomic E-state index is 0.705. The lowest BCUT2D eigenvalue weighted by Gasteiger charge is -2.08. The summed E-state index contributed by atoms with van der Waals surface area (Å²) in [6.07, 6.45) is 0.910. The van der Waals surface area contributed by atoms with Gasteiger partial charge in [0.2, 0.25) is 0 Å². The van der Waals surface area contributed by atoms with Gasteiger partial charge in [0.1, 0.15) is 16.5 Å². The monoisotopic (exact) mass is 375 g/mol. The predicted molar refractivity (Wildman–Crippen MR) is 107 cm³/mol. The number of halogens is 1. The highest BCUT2D eigenvalue weighted by Gasteiger charge is 2.24. The van der Waals surface area contributed by atoms with Crippen LogP contribution < -0.4 is 4.74 Å². The molecule has 1 heterocycles. The maximum Gasteiger partial charge on any atom is 0.127 e. The van der Waals surface area contributed by atoms with Crippen LogP contribution in [0.3, 0.4) is 0 Å². The van der Waals surface area contributed by atoms with Crippen molar-refractivity contribution in [2.75, 3.05) is 0 Å². The van der Waals surface area contributed by atoms with E-state index < -0.39 is 0 Å². The van der Waals surface area contributed by atoms with Gasteiger partial charge in [-0.1, -0.05) is 41.9 Å². The van der Waals surface area contributed by atoms with Crippen molar-refractivity contribution in [3.8, 4) is 33.3 Å². The number of fused-ring (bicyclic) bond motifs is 3. The van der Waals surface area contributed by atoms with E-state index in [2.05, 4.69) is 36.4 Å². The number of ether oxygens (including phenoxy) is 1. The first kappa shape index (κ1) is 15.6. The van der Waals surface area contributed by atoms with E-state index >= 15 is 0 Å². The summed E-state index contributed by atoms with van der Waals surface area (Å²) in [6, 6.07) is 24.0. The van der Waals surface area contributed by atoms with Gasteiger partial charge >= 0.3 is 0 Å². The van der Waals surface area contributed by atoms with Crippen molar-refractivity contribution in [3.63, 3.8) is 0 Å². The SMILES string of the molecule is Clc1ccc(Oc2ccc3c(c2)Cc2sc(-c4ccccc4)nc2-3)cc1. The van der Waals surface area contributed by atoms with E-state index in [0.29, 0.717) is 5.02 Å². The number of benzene rings is 3. The Morgan fingerprint density at radius 1 is 0.885 bits per heavy atom. The van der Waals surface area contributed by atoms with Crippen molar-refractivity contribution in [2.45, 2.75) is 6.42 Å². The zero-order valence-electron chi connectivity index (χ0n) is 13.8. The minimum atomic E-state index is 0.705. The maximum atomic E-state index is 5.95. The Morgan fingerprint density at radius 2 is 1.65 bits per heavy atom. The second-order valence-electron chi connectivity index (χ2n) is 6.21. The first-order chi connectivity index (χ1) is 12.8. The molecule has 0 unspecified atom stereocenters. The molecule has 2 nitrogen and oxygen atoms in total. The molecule has 0 saturated carbocycles. The molecule has 26 heavy (non-hydrogen) atoms. The smallest absolute Gasteiger partial charge is 0.127 e. The standard InChI is InChI=1S/C22H14ClNOS/c23-16-6-8-17(9-7-16)25-18-10-11-19-15(12-18)13-20-21(19)24-22(26-20)14-4-2-1-3-5-14/h1-12H,13H2. The van der Waals surface area contributed by atoms with Gasteiger partial charge in [-0.25, -0.2) is 4.98 Å². The highest BCUT2D eigenvalue weighted by molar-refractivity contribution is 7.15. The van der Waals surface area contributed by atoms with Gasteiger partial charge in [-0.2, -0.15) is 0 Å². The Hall–Kier alpha value is -2.62. The van der Waals surface area contributed by atoms with E-state index in [1.165, 1.54) is 21.6 Å². The third-order valence-electron chi connectivity index (χ3n) is 4.45. The third-order valence-corrected chi connectivity index (χ3v) is 5.81. The normalized spacial score (nSPS) is 11.9. The summed E-state index contributed by atoms with van der Waals surface area (Å²) in [5.41, 5.74) is 4.77. The Morgan fingerprint density at radius 3 is 2.46 bits per heavy atom. The summed E-state index contributed by atoms with van der Waals surface area (Å²) in [5, 5.41) is 1.79. The lowest BCUT2D eigenvalue weighted by Crippen LogP contribution is -1.87. The maximum absolute atomic E-state index is 5.95. The van der Waals surface area contributed by atoms with Crippen LogP contribution in [0.5, 0.6) is 11.5 Å². The zero-order valence-corrected chi connectivity index (χ0v) is 15.3. The van der Waals surface area contributed by atoms with Crippen LogP contribution in [0.25, 0.3) is 21.8 Å². The number of rotatable bonds is 3. The molecule has 0 saturated heterocycles. The molecule has 1 aliphatic rings. The van der Waals surface area contributed by atoms with Crippen LogP contribution in [0.15, 0.2) is 72.8 Å². The highest BCUT2D eigenvalue weighted by atomic mass is 35.5. The van der Waals surface area contributed by atoms with Crippen molar-refractivity contribution in [1.29, 1.82) is 0 Å². The highest BCUT2D eigenvalue weighted by Crippen LogP contribution is 2.43. The van der Waals surface area contributed by atoms with Gasteiger partial charge in [-0.05, 0) is 48.0 Å². The van der Waals surface area contributed by atoms with Crippen LogP contribution in [0, 0.1) is 0 Å². The average molecular weight is 376 g/mol. The van der Waals surface area contributed by atoms with E-state index in [-0.39, 0.29) is 0 Å². The molecule has 5 rings (SSSR count). The molecule has 0 N–H and O–H groups in total.